The molecule has 0 aliphatic heterocycles. The van der Waals surface area contributed by atoms with Gasteiger partial charge in [-0.3, -0.25) is 0 Å². The molecule has 0 fully saturated rings. The first-order valence-electron chi connectivity index (χ1n) is 6.72. The molecule has 1 N–H and O–H groups in total. The highest BCUT2D eigenvalue weighted by Gasteiger charge is 2.17. The lowest BCUT2D eigenvalue weighted by Gasteiger charge is -2.34. The largest absolute Gasteiger partial charge is 0.392 e. The van der Waals surface area contributed by atoms with Gasteiger partial charge in [0.25, 0.3) is 0 Å². The Morgan fingerprint density at radius 3 is 2.44 bits per heavy atom. The molecular formula is C15H25NO2. The van der Waals surface area contributed by atoms with Gasteiger partial charge in [-0.1, -0.05) is 32.0 Å². The van der Waals surface area contributed by atoms with E-state index in [1.165, 1.54) is 0 Å². The van der Waals surface area contributed by atoms with Gasteiger partial charge in [0.05, 0.1) is 13.2 Å². The van der Waals surface area contributed by atoms with Crippen LogP contribution in [0.1, 0.15) is 32.3 Å². The average Bonchev–Trinajstić information content (AvgIpc) is 2.43. The summed E-state index contributed by atoms with van der Waals surface area (Å²) in [4.78, 5) is 2.36. The number of para-hydroxylation sites is 1. The molecule has 0 radical (unpaired) electrons. The van der Waals surface area contributed by atoms with Crippen molar-refractivity contribution < 1.29 is 9.84 Å². The first-order chi connectivity index (χ1) is 8.78. The Morgan fingerprint density at radius 2 is 1.89 bits per heavy atom. The smallest absolute Gasteiger partial charge is 0.0702 e. The molecule has 0 bridgehead atoms. The van der Waals surface area contributed by atoms with Crippen LogP contribution in [-0.2, 0) is 11.3 Å². The number of methoxy groups -OCH3 is 1. The van der Waals surface area contributed by atoms with Gasteiger partial charge in [0, 0.05) is 30.9 Å². The highest BCUT2D eigenvalue weighted by Crippen LogP contribution is 2.24. The summed E-state index contributed by atoms with van der Waals surface area (Å²) in [7, 11) is 1.73. The number of hydrogen-bond donors (Lipinski definition) is 1. The molecule has 0 atom stereocenters. The number of hydrogen-bond acceptors (Lipinski definition) is 3. The van der Waals surface area contributed by atoms with Crippen LogP contribution in [0.25, 0.3) is 0 Å². The molecule has 3 nitrogen and oxygen atoms in total. The lowest BCUT2D eigenvalue weighted by molar-refractivity contribution is 0.202. The fourth-order valence-corrected chi connectivity index (χ4v) is 2.34. The summed E-state index contributed by atoms with van der Waals surface area (Å²) >= 11 is 0. The summed E-state index contributed by atoms with van der Waals surface area (Å²) in [6, 6.07) is 8.55. The van der Waals surface area contributed by atoms with Crippen molar-refractivity contribution in [2.75, 3.05) is 25.2 Å². The Bertz CT molecular complexity index is 337. The van der Waals surface area contributed by atoms with Gasteiger partial charge < -0.3 is 14.7 Å². The van der Waals surface area contributed by atoms with E-state index in [0.717, 1.165) is 30.6 Å². The number of nitrogens with zero attached hydrogens (tertiary/aromatic N) is 1. The molecule has 0 spiro atoms. The summed E-state index contributed by atoms with van der Waals surface area (Å²) in [5, 5.41) is 9.46. The monoisotopic (exact) mass is 251 g/mol. The molecule has 18 heavy (non-hydrogen) atoms. The van der Waals surface area contributed by atoms with E-state index >= 15 is 0 Å². The number of aliphatic hydroxyl groups is 1. The predicted octanol–water partition coefficient (Wildman–Crippen LogP) is 2.82. The fourth-order valence-electron chi connectivity index (χ4n) is 2.34. The van der Waals surface area contributed by atoms with Gasteiger partial charge in [-0.15, -0.1) is 0 Å². The van der Waals surface area contributed by atoms with Gasteiger partial charge in [-0.25, -0.2) is 0 Å². The van der Waals surface area contributed by atoms with E-state index in [2.05, 4.69) is 24.8 Å². The molecule has 0 aliphatic carbocycles. The Labute approximate surface area is 110 Å². The van der Waals surface area contributed by atoms with Crippen molar-refractivity contribution in [1.29, 1.82) is 0 Å². The zero-order chi connectivity index (χ0) is 13.4. The van der Waals surface area contributed by atoms with Crippen LogP contribution in [0.5, 0.6) is 0 Å². The van der Waals surface area contributed by atoms with Crippen molar-refractivity contribution in [3.8, 4) is 0 Å². The summed E-state index contributed by atoms with van der Waals surface area (Å²) < 4.78 is 5.20. The molecule has 0 aromatic heterocycles. The normalized spacial score (nSPS) is 10.9. The van der Waals surface area contributed by atoms with Crippen LogP contribution in [0.3, 0.4) is 0 Å². The number of rotatable bonds is 8. The summed E-state index contributed by atoms with van der Waals surface area (Å²) in [6.07, 6.45) is 2.19. The maximum absolute atomic E-state index is 9.46. The van der Waals surface area contributed by atoms with Gasteiger partial charge in [0.15, 0.2) is 0 Å². The van der Waals surface area contributed by atoms with E-state index in [1.807, 2.05) is 18.2 Å². The Kier molecular flexibility index (Phi) is 6.76. The zero-order valence-corrected chi connectivity index (χ0v) is 11.7. The first-order valence-corrected chi connectivity index (χ1v) is 6.72. The summed E-state index contributed by atoms with van der Waals surface area (Å²) in [6.45, 7) is 6.06. The molecule has 102 valence electrons. The SMILES string of the molecule is CCC(CC)N(CCOC)c1ccccc1CO. The van der Waals surface area contributed by atoms with E-state index in [9.17, 15) is 5.11 Å². The molecule has 0 unspecified atom stereocenters. The third-order valence-electron chi connectivity index (χ3n) is 3.39. The molecule has 0 aliphatic rings. The molecule has 1 aromatic carbocycles. The van der Waals surface area contributed by atoms with Crippen LogP contribution in [0.15, 0.2) is 24.3 Å². The van der Waals surface area contributed by atoms with Gasteiger partial charge >= 0.3 is 0 Å². The highest BCUT2D eigenvalue weighted by atomic mass is 16.5. The first kappa shape index (κ1) is 15.0. The summed E-state index contributed by atoms with van der Waals surface area (Å²) in [5.41, 5.74) is 2.12. The molecule has 0 saturated heterocycles. The van der Waals surface area contributed by atoms with Gasteiger partial charge in [-0.05, 0) is 18.9 Å². The molecule has 1 rings (SSSR count). The third kappa shape index (κ3) is 3.72. The van der Waals surface area contributed by atoms with Gasteiger partial charge in [0.1, 0.15) is 0 Å². The molecular weight excluding hydrogens is 226 g/mol. The highest BCUT2D eigenvalue weighted by molar-refractivity contribution is 5.54. The molecule has 3 heteroatoms. The van der Waals surface area contributed by atoms with Crippen molar-refractivity contribution in [3.05, 3.63) is 29.8 Å². The minimum Gasteiger partial charge on any atom is -0.392 e. The van der Waals surface area contributed by atoms with Gasteiger partial charge in [-0.2, -0.15) is 0 Å². The maximum atomic E-state index is 9.46. The fraction of sp³-hybridized carbons (Fsp3) is 0.600. The van der Waals surface area contributed by atoms with Crippen molar-refractivity contribution in [2.24, 2.45) is 0 Å². The molecule has 0 heterocycles. The average molecular weight is 251 g/mol. The molecule has 0 saturated carbocycles. The number of aliphatic hydroxyl groups excluding tert-OH is 1. The van der Waals surface area contributed by atoms with Crippen LogP contribution < -0.4 is 4.90 Å². The second-order valence-electron chi connectivity index (χ2n) is 4.44. The predicted molar refractivity (Wildman–Crippen MR) is 76.0 cm³/mol. The molecule has 0 amide bonds. The lowest BCUT2D eigenvalue weighted by atomic mass is 10.1. The van der Waals surface area contributed by atoms with Crippen molar-refractivity contribution >= 4 is 5.69 Å². The van der Waals surface area contributed by atoms with Gasteiger partial charge in [0.2, 0.25) is 0 Å². The van der Waals surface area contributed by atoms with E-state index in [1.54, 1.807) is 7.11 Å². The number of anilines is 1. The van der Waals surface area contributed by atoms with Crippen molar-refractivity contribution in [3.63, 3.8) is 0 Å². The third-order valence-corrected chi connectivity index (χ3v) is 3.39. The standard InChI is InChI=1S/C15H25NO2/c1-4-14(5-2)16(10-11-18-3)15-9-7-6-8-13(15)12-17/h6-9,14,17H,4-5,10-12H2,1-3H3. The zero-order valence-electron chi connectivity index (χ0n) is 11.7. The van der Waals surface area contributed by atoms with Crippen LogP contribution >= 0.6 is 0 Å². The Balaban J connectivity index is 2.99. The number of ether oxygens (including phenoxy) is 1. The topological polar surface area (TPSA) is 32.7 Å². The van der Waals surface area contributed by atoms with Crippen molar-refractivity contribution in [1.82, 2.24) is 0 Å². The van der Waals surface area contributed by atoms with Crippen molar-refractivity contribution in [2.45, 2.75) is 39.3 Å². The second-order valence-corrected chi connectivity index (χ2v) is 4.44. The quantitative estimate of drug-likeness (QED) is 0.771. The minimum absolute atomic E-state index is 0.0831. The van der Waals surface area contributed by atoms with Crippen LogP contribution in [-0.4, -0.2) is 31.4 Å². The Morgan fingerprint density at radius 1 is 1.22 bits per heavy atom. The number of benzene rings is 1. The van der Waals surface area contributed by atoms with E-state index < -0.39 is 0 Å². The van der Waals surface area contributed by atoms with E-state index in [-0.39, 0.29) is 6.61 Å². The minimum atomic E-state index is 0.0831. The molecule has 1 aromatic rings. The van der Waals surface area contributed by atoms with E-state index in [0.29, 0.717) is 12.6 Å². The summed E-state index contributed by atoms with van der Waals surface area (Å²) in [5.74, 6) is 0. The lowest BCUT2D eigenvalue weighted by Crippen LogP contribution is -2.37. The van der Waals surface area contributed by atoms with Crippen LogP contribution in [0.2, 0.25) is 0 Å². The maximum Gasteiger partial charge on any atom is 0.0702 e. The van der Waals surface area contributed by atoms with Crippen LogP contribution in [0.4, 0.5) is 5.69 Å². The van der Waals surface area contributed by atoms with E-state index in [4.69, 9.17) is 4.74 Å². The van der Waals surface area contributed by atoms with Crippen LogP contribution in [0, 0.1) is 0 Å². The Hall–Kier alpha value is -1.06. The second kappa shape index (κ2) is 8.11.